The first-order chi connectivity index (χ1) is 8.29. The van der Waals surface area contributed by atoms with Crippen LogP contribution in [-0.4, -0.2) is 16.5 Å². The molecule has 2 heterocycles. The molecule has 0 aliphatic carbocycles. The fraction of sp³-hybridized carbons (Fsp3) is 0.385. The highest BCUT2D eigenvalue weighted by Gasteiger charge is 2.13. The molecule has 1 N–H and O–H groups in total. The maximum Gasteiger partial charge on any atom is 0.0947 e. The lowest BCUT2D eigenvalue weighted by Crippen LogP contribution is -2.23. The molecule has 0 radical (unpaired) electrons. The van der Waals surface area contributed by atoms with Gasteiger partial charge in [-0.2, -0.15) is 0 Å². The van der Waals surface area contributed by atoms with E-state index < -0.39 is 0 Å². The smallest absolute Gasteiger partial charge is 0.0947 e. The molecule has 90 valence electrons. The number of nitrogens with one attached hydrogen (secondary N) is 1. The maximum atomic E-state index is 4.51. The fourth-order valence-corrected chi connectivity index (χ4v) is 2.60. The van der Waals surface area contributed by atoms with Crippen molar-refractivity contribution in [3.8, 4) is 0 Å². The molecule has 0 amide bonds. The first kappa shape index (κ1) is 12.2. The van der Waals surface area contributed by atoms with E-state index in [2.05, 4.69) is 33.7 Å². The number of likely N-dealkylation sites (N-methyl/N-ethyl adjacent to an activating group) is 1. The summed E-state index contributed by atoms with van der Waals surface area (Å²) in [5, 5.41) is 6.72. The molecule has 2 aromatic rings. The normalized spacial score (nSPS) is 12.6. The summed E-state index contributed by atoms with van der Waals surface area (Å²) in [5.74, 6) is 0. The first-order valence-electron chi connectivity index (χ1n) is 5.85. The minimum atomic E-state index is 0.256. The predicted molar refractivity (Wildman–Crippen MR) is 71.2 cm³/mol. The summed E-state index contributed by atoms with van der Waals surface area (Å²) in [5.41, 5.74) is 2.18. The standard InChI is InChI=1S/C13H17N3S/c1-3-14-12(11-6-4-5-7-15-11)8-13-16-10(2)9-17-13/h4-7,9,12,14H,3,8H2,1-2H3. The van der Waals surface area contributed by atoms with Crippen molar-refractivity contribution in [2.24, 2.45) is 0 Å². The molecule has 0 aromatic carbocycles. The SMILES string of the molecule is CCNC(Cc1nc(C)cs1)c1ccccn1. The van der Waals surface area contributed by atoms with Gasteiger partial charge in [-0.1, -0.05) is 13.0 Å². The van der Waals surface area contributed by atoms with Gasteiger partial charge in [0.05, 0.1) is 16.7 Å². The van der Waals surface area contributed by atoms with Gasteiger partial charge in [0, 0.05) is 23.7 Å². The molecule has 0 aliphatic heterocycles. The summed E-state index contributed by atoms with van der Waals surface area (Å²) in [6.07, 6.45) is 2.75. The number of pyridine rings is 1. The van der Waals surface area contributed by atoms with Crippen molar-refractivity contribution < 1.29 is 0 Å². The lowest BCUT2D eigenvalue weighted by atomic mass is 10.1. The number of aryl methyl sites for hydroxylation is 1. The summed E-state index contributed by atoms with van der Waals surface area (Å²) >= 11 is 1.72. The number of hydrogen-bond donors (Lipinski definition) is 1. The monoisotopic (exact) mass is 247 g/mol. The van der Waals surface area contributed by atoms with Gasteiger partial charge >= 0.3 is 0 Å². The number of aromatic nitrogens is 2. The zero-order valence-electron chi connectivity index (χ0n) is 10.2. The Morgan fingerprint density at radius 1 is 1.41 bits per heavy atom. The molecule has 2 rings (SSSR count). The van der Waals surface area contributed by atoms with Crippen molar-refractivity contribution in [3.63, 3.8) is 0 Å². The average Bonchev–Trinajstić information content (AvgIpc) is 2.75. The molecule has 0 bridgehead atoms. The summed E-state index contributed by atoms with van der Waals surface area (Å²) in [4.78, 5) is 8.92. The maximum absolute atomic E-state index is 4.51. The third-order valence-corrected chi connectivity index (χ3v) is 3.53. The topological polar surface area (TPSA) is 37.8 Å². The number of thiazole rings is 1. The van der Waals surface area contributed by atoms with Gasteiger partial charge in [-0.15, -0.1) is 11.3 Å². The Labute approximate surface area is 106 Å². The van der Waals surface area contributed by atoms with Crippen LogP contribution < -0.4 is 5.32 Å². The van der Waals surface area contributed by atoms with Crippen molar-refractivity contribution in [2.45, 2.75) is 26.3 Å². The van der Waals surface area contributed by atoms with Crippen LogP contribution in [0.2, 0.25) is 0 Å². The van der Waals surface area contributed by atoms with E-state index in [1.54, 1.807) is 11.3 Å². The Morgan fingerprint density at radius 3 is 2.88 bits per heavy atom. The highest BCUT2D eigenvalue weighted by Crippen LogP contribution is 2.19. The van der Waals surface area contributed by atoms with Crippen molar-refractivity contribution in [1.29, 1.82) is 0 Å². The van der Waals surface area contributed by atoms with Crippen molar-refractivity contribution in [1.82, 2.24) is 15.3 Å². The summed E-state index contributed by atoms with van der Waals surface area (Å²) < 4.78 is 0. The Hall–Kier alpha value is -1.26. The average molecular weight is 247 g/mol. The van der Waals surface area contributed by atoms with Crippen LogP contribution in [0.25, 0.3) is 0 Å². The largest absolute Gasteiger partial charge is 0.309 e. The summed E-state index contributed by atoms with van der Waals surface area (Å²) in [6, 6.07) is 6.29. The number of rotatable bonds is 5. The highest BCUT2D eigenvalue weighted by molar-refractivity contribution is 7.09. The highest BCUT2D eigenvalue weighted by atomic mass is 32.1. The Kier molecular flexibility index (Phi) is 4.23. The van der Waals surface area contributed by atoms with Gasteiger partial charge in [0.1, 0.15) is 0 Å². The predicted octanol–water partition coefficient (Wildman–Crippen LogP) is 2.74. The van der Waals surface area contributed by atoms with Crippen LogP contribution >= 0.6 is 11.3 Å². The van der Waals surface area contributed by atoms with E-state index in [9.17, 15) is 0 Å². The quantitative estimate of drug-likeness (QED) is 0.883. The number of hydrogen-bond acceptors (Lipinski definition) is 4. The van der Waals surface area contributed by atoms with E-state index in [0.717, 1.165) is 24.4 Å². The molecule has 17 heavy (non-hydrogen) atoms. The Bertz CT molecular complexity index is 453. The van der Waals surface area contributed by atoms with Gasteiger partial charge < -0.3 is 5.32 Å². The van der Waals surface area contributed by atoms with E-state index in [-0.39, 0.29) is 6.04 Å². The van der Waals surface area contributed by atoms with E-state index in [4.69, 9.17) is 0 Å². The molecule has 0 saturated carbocycles. The molecular weight excluding hydrogens is 230 g/mol. The van der Waals surface area contributed by atoms with Crippen LogP contribution in [0, 0.1) is 6.92 Å². The van der Waals surface area contributed by atoms with Crippen LogP contribution in [0.4, 0.5) is 0 Å². The van der Waals surface area contributed by atoms with Gasteiger partial charge in [0.2, 0.25) is 0 Å². The molecule has 0 saturated heterocycles. The van der Waals surface area contributed by atoms with Crippen LogP contribution in [0.15, 0.2) is 29.8 Å². The van der Waals surface area contributed by atoms with Crippen LogP contribution in [0.3, 0.4) is 0 Å². The van der Waals surface area contributed by atoms with Gasteiger partial charge in [-0.3, -0.25) is 4.98 Å². The molecule has 1 atom stereocenters. The van der Waals surface area contributed by atoms with E-state index in [1.165, 1.54) is 5.01 Å². The van der Waals surface area contributed by atoms with E-state index in [0.29, 0.717) is 0 Å². The Morgan fingerprint density at radius 2 is 2.29 bits per heavy atom. The molecular formula is C13H17N3S. The third kappa shape index (κ3) is 3.35. The lowest BCUT2D eigenvalue weighted by Gasteiger charge is -2.15. The Balaban J connectivity index is 2.13. The zero-order chi connectivity index (χ0) is 12.1. The first-order valence-corrected chi connectivity index (χ1v) is 6.73. The second-order valence-electron chi connectivity index (χ2n) is 3.95. The van der Waals surface area contributed by atoms with Crippen molar-refractivity contribution >= 4 is 11.3 Å². The van der Waals surface area contributed by atoms with Gasteiger partial charge in [-0.05, 0) is 25.6 Å². The second-order valence-corrected chi connectivity index (χ2v) is 4.89. The second kappa shape index (κ2) is 5.89. The minimum Gasteiger partial charge on any atom is -0.309 e. The number of nitrogens with zero attached hydrogens (tertiary/aromatic N) is 2. The van der Waals surface area contributed by atoms with E-state index >= 15 is 0 Å². The third-order valence-electron chi connectivity index (χ3n) is 2.54. The summed E-state index contributed by atoms with van der Waals surface area (Å²) in [6.45, 7) is 5.08. The zero-order valence-corrected chi connectivity index (χ0v) is 11.0. The van der Waals surface area contributed by atoms with Crippen molar-refractivity contribution in [2.75, 3.05) is 6.54 Å². The van der Waals surface area contributed by atoms with Gasteiger partial charge in [-0.25, -0.2) is 4.98 Å². The van der Waals surface area contributed by atoms with Crippen LogP contribution in [0.1, 0.15) is 29.4 Å². The van der Waals surface area contributed by atoms with Gasteiger partial charge in [0.25, 0.3) is 0 Å². The fourth-order valence-electron chi connectivity index (χ4n) is 1.78. The summed E-state index contributed by atoms with van der Waals surface area (Å²) in [7, 11) is 0. The molecule has 4 heteroatoms. The lowest BCUT2D eigenvalue weighted by molar-refractivity contribution is 0.535. The van der Waals surface area contributed by atoms with Gasteiger partial charge in [0.15, 0.2) is 0 Å². The van der Waals surface area contributed by atoms with Crippen LogP contribution in [0.5, 0.6) is 0 Å². The van der Waals surface area contributed by atoms with E-state index in [1.807, 2.05) is 25.3 Å². The molecule has 3 nitrogen and oxygen atoms in total. The molecule has 1 unspecified atom stereocenters. The van der Waals surface area contributed by atoms with Crippen LogP contribution in [-0.2, 0) is 6.42 Å². The minimum absolute atomic E-state index is 0.256. The molecule has 2 aromatic heterocycles. The molecule has 0 aliphatic rings. The van der Waals surface area contributed by atoms with Crippen molar-refractivity contribution in [3.05, 3.63) is 46.2 Å². The molecule has 0 fully saturated rings. The molecule has 0 spiro atoms.